The van der Waals surface area contributed by atoms with Crippen LogP contribution in [0.15, 0.2) is 176 Å². The molecule has 13 rings (SSSR count). The van der Waals surface area contributed by atoms with Gasteiger partial charge in [-0.2, -0.15) is 0 Å². The van der Waals surface area contributed by atoms with Crippen LogP contribution in [0.25, 0.3) is 136 Å². The van der Waals surface area contributed by atoms with Gasteiger partial charge in [-0.15, -0.1) is 0 Å². The molecule has 0 saturated heterocycles. The molecule has 12 aromatic carbocycles. The maximum absolute atomic E-state index is 7.93. The molecular weight excluding hydrogens is 675 g/mol. The van der Waals surface area contributed by atoms with Gasteiger partial charge in [0, 0.05) is 0 Å². The second-order valence-electron chi connectivity index (χ2n) is 15.3. The second kappa shape index (κ2) is 10.8. The summed E-state index contributed by atoms with van der Waals surface area (Å²) in [6, 6.07) is 65.0. The van der Waals surface area contributed by atoms with Crippen LogP contribution in [0.1, 0.15) is 0 Å². The van der Waals surface area contributed by atoms with Gasteiger partial charge in [0.2, 0.25) is 0 Å². The monoisotopic (exact) mass is 703 g/mol. The van der Waals surface area contributed by atoms with E-state index in [4.69, 9.17) is 6.57 Å². The van der Waals surface area contributed by atoms with Gasteiger partial charge in [0.1, 0.15) is 0 Å². The SMILES string of the molecule is [C-]#[N+]c1ccc2c(c1)c1ccccc1c1c(-c3ccccc3)c3cc4c(cc3c(-c3ccccc3)c21)-c1ccc2c3cccc5cccc(c6ccc-4c1c62)c53. The largest absolute Gasteiger partial charge is 0.238 e. The van der Waals surface area contributed by atoms with Crippen LogP contribution in [0.2, 0.25) is 0 Å². The van der Waals surface area contributed by atoms with Crippen LogP contribution in [-0.2, 0) is 0 Å². The van der Waals surface area contributed by atoms with Crippen molar-refractivity contribution in [2.24, 2.45) is 0 Å². The number of fused-ring (bicyclic) bond motifs is 12. The normalized spacial score (nSPS) is 12.3. The number of hydrogen-bond donors (Lipinski definition) is 0. The zero-order valence-corrected chi connectivity index (χ0v) is 30.2. The van der Waals surface area contributed by atoms with Crippen molar-refractivity contribution in [3.63, 3.8) is 0 Å². The fourth-order valence-electron chi connectivity index (χ4n) is 10.5. The molecule has 1 aliphatic carbocycles. The van der Waals surface area contributed by atoms with E-state index in [9.17, 15) is 0 Å². The average molecular weight is 704 g/mol. The second-order valence-corrected chi connectivity index (χ2v) is 15.3. The van der Waals surface area contributed by atoms with E-state index in [1.54, 1.807) is 0 Å². The predicted molar refractivity (Wildman–Crippen MR) is 239 cm³/mol. The molecule has 56 heavy (non-hydrogen) atoms. The lowest BCUT2D eigenvalue weighted by Gasteiger charge is -2.22. The number of hydrogen-bond acceptors (Lipinski definition) is 0. The Hall–Kier alpha value is -7.53. The molecule has 1 aliphatic rings. The fourth-order valence-corrected chi connectivity index (χ4v) is 10.5. The summed E-state index contributed by atoms with van der Waals surface area (Å²) in [5.41, 5.74) is 10.7. The molecule has 0 N–H and O–H groups in total. The highest BCUT2D eigenvalue weighted by Crippen LogP contribution is 2.56. The maximum atomic E-state index is 7.93. The first-order valence-corrected chi connectivity index (χ1v) is 19.3. The molecule has 0 aliphatic heterocycles. The molecule has 254 valence electrons. The molecule has 0 heterocycles. The maximum Gasteiger partial charge on any atom is 0.187 e. The number of rotatable bonds is 2. The van der Waals surface area contributed by atoms with E-state index in [1.807, 2.05) is 6.07 Å². The molecule has 0 aromatic heterocycles. The Balaban J connectivity index is 1.27. The van der Waals surface area contributed by atoms with Gasteiger partial charge >= 0.3 is 0 Å². The topological polar surface area (TPSA) is 4.36 Å². The molecule has 0 saturated carbocycles. The van der Waals surface area contributed by atoms with E-state index in [0.717, 1.165) is 5.39 Å². The number of nitrogens with zero attached hydrogens (tertiary/aromatic N) is 1. The summed E-state index contributed by atoms with van der Waals surface area (Å²) in [4.78, 5) is 3.88. The van der Waals surface area contributed by atoms with Gasteiger partial charge in [0.25, 0.3) is 0 Å². The minimum absolute atomic E-state index is 0.654. The summed E-state index contributed by atoms with van der Waals surface area (Å²) >= 11 is 0. The molecule has 12 aromatic rings. The minimum atomic E-state index is 0.654. The standard InChI is InChI=1S/C55H29N/c1-56-34-22-23-43-44(28-34)35-18-8-9-19-36(35)54-50(32-12-4-2-5-13-32)47-29-45-41-26-24-39-37-20-10-16-31-17-11-21-38(49(31)37)40-25-27-42(53(41)52(39)40)46(45)30-48(47)51(55(43)54)33-14-6-3-7-15-33/h2-30H. The van der Waals surface area contributed by atoms with Crippen molar-refractivity contribution in [3.8, 4) is 44.5 Å². The van der Waals surface area contributed by atoms with Crippen molar-refractivity contribution in [3.05, 3.63) is 187 Å². The van der Waals surface area contributed by atoms with Gasteiger partial charge in [-0.05, 0) is 149 Å². The van der Waals surface area contributed by atoms with E-state index >= 15 is 0 Å². The smallest absolute Gasteiger partial charge is 0.187 e. The number of benzene rings is 12. The highest BCUT2D eigenvalue weighted by molar-refractivity contribution is 6.40. The first kappa shape index (κ1) is 29.9. The molecule has 1 nitrogen and oxygen atoms in total. The lowest BCUT2D eigenvalue weighted by molar-refractivity contribution is 1.66. The van der Waals surface area contributed by atoms with E-state index in [1.165, 1.54) is 125 Å². The van der Waals surface area contributed by atoms with Crippen LogP contribution in [-0.4, -0.2) is 0 Å². The summed E-state index contributed by atoms with van der Waals surface area (Å²) in [6.07, 6.45) is 0. The molecule has 0 amide bonds. The van der Waals surface area contributed by atoms with Gasteiger partial charge in [0.05, 0.1) is 6.57 Å². The first-order valence-electron chi connectivity index (χ1n) is 19.3. The van der Waals surface area contributed by atoms with Crippen LogP contribution < -0.4 is 0 Å². The molecule has 0 unspecified atom stereocenters. The van der Waals surface area contributed by atoms with Gasteiger partial charge in [0.15, 0.2) is 5.69 Å². The van der Waals surface area contributed by atoms with E-state index in [-0.39, 0.29) is 0 Å². The predicted octanol–water partition coefficient (Wildman–Crippen LogP) is 15.9. The molecule has 1 heteroatoms. The summed E-state index contributed by atoms with van der Waals surface area (Å²) in [5, 5.41) is 20.2. The zero-order valence-electron chi connectivity index (χ0n) is 30.2. The van der Waals surface area contributed by atoms with Crippen LogP contribution in [0.4, 0.5) is 5.69 Å². The zero-order chi connectivity index (χ0) is 36.6. The summed E-state index contributed by atoms with van der Waals surface area (Å²) in [7, 11) is 0. The summed E-state index contributed by atoms with van der Waals surface area (Å²) in [5.74, 6) is 0. The van der Waals surface area contributed by atoms with Crippen molar-refractivity contribution in [2.75, 3.05) is 0 Å². The quantitative estimate of drug-likeness (QED) is 0.0959. The lowest BCUT2D eigenvalue weighted by atomic mass is 9.80. The Morgan fingerprint density at radius 1 is 0.286 bits per heavy atom. The Labute approximate surface area is 322 Å². The van der Waals surface area contributed by atoms with Crippen molar-refractivity contribution in [1.29, 1.82) is 0 Å². The molecular formula is C55H29N. The van der Waals surface area contributed by atoms with Crippen LogP contribution in [0, 0.1) is 6.57 Å². The molecule has 0 fully saturated rings. The van der Waals surface area contributed by atoms with Gasteiger partial charge in [-0.3, -0.25) is 0 Å². The van der Waals surface area contributed by atoms with Gasteiger partial charge < -0.3 is 0 Å². The minimum Gasteiger partial charge on any atom is -0.238 e. The Morgan fingerprint density at radius 2 is 0.750 bits per heavy atom. The fraction of sp³-hybridized carbons (Fsp3) is 0. The van der Waals surface area contributed by atoms with E-state index in [0.29, 0.717) is 5.69 Å². The van der Waals surface area contributed by atoms with Crippen molar-refractivity contribution in [1.82, 2.24) is 0 Å². The summed E-state index contributed by atoms with van der Waals surface area (Å²) < 4.78 is 0. The Morgan fingerprint density at radius 3 is 1.32 bits per heavy atom. The highest BCUT2D eigenvalue weighted by Gasteiger charge is 2.29. The highest BCUT2D eigenvalue weighted by atomic mass is 14.6. The van der Waals surface area contributed by atoms with Gasteiger partial charge in [-0.25, -0.2) is 4.85 Å². The van der Waals surface area contributed by atoms with Crippen molar-refractivity contribution >= 4 is 91.9 Å². The molecule has 0 atom stereocenters. The first-order chi connectivity index (χ1) is 27.8. The van der Waals surface area contributed by atoms with Crippen LogP contribution >= 0.6 is 0 Å². The van der Waals surface area contributed by atoms with Crippen LogP contribution in [0.3, 0.4) is 0 Å². The Kier molecular flexibility index (Phi) is 5.76. The molecule has 0 radical (unpaired) electrons. The molecule has 0 bridgehead atoms. The third-order valence-corrected chi connectivity index (χ3v) is 12.7. The third-order valence-electron chi connectivity index (χ3n) is 12.7. The Bertz CT molecular complexity index is 3690. The average Bonchev–Trinajstić information content (AvgIpc) is 3.58. The van der Waals surface area contributed by atoms with Crippen molar-refractivity contribution < 1.29 is 0 Å². The van der Waals surface area contributed by atoms with Gasteiger partial charge in [-0.1, -0.05) is 158 Å². The third kappa shape index (κ3) is 3.73. The van der Waals surface area contributed by atoms with Crippen LogP contribution in [0.5, 0.6) is 0 Å². The summed E-state index contributed by atoms with van der Waals surface area (Å²) in [6.45, 7) is 7.93. The lowest BCUT2D eigenvalue weighted by Crippen LogP contribution is -1.95. The van der Waals surface area contributed by atoms with Crippen molar-refractivity contribution in [2.45, 2.75) is 0 Å². The molecule has 0 spiro atoms. The van der Waals surface area contributed by atoms with E-state index < -0.39 is 0 Å². The van der Waals surface area contributed by atoms with E-state index in [2.05, 4.69) is 175 Å².